The van der Waals surface area contributed by atoms with Crippen molar-refractivity contribution in [1.82, 2.24) is 4.57 Å². The van der Waals surface area contributed by atoms with Crippen molar-refractivity contribution in [3.8, 4) is 5.75 Å². The Morgan fingerprint density at radius 1 is 1.13 bits per heavy atom. The molecule has 0 radical (unpaired) electrons. The van der Waals surface area contributed by atoms with Gasteiger partial charge in [0.2, 0.25) is 5.43 Å². The van der Waals surface area contributed by atoms with Gasteiger partial charge in [0.25, 0.3) is 5.91 Å². The number of esters is 1. The van der Waals surface area contributed by atoms with Crippen molar-refractivity contribution >= 4 is 17.6 Å². The average molecular weight is 426 g/mol. The topological polar surface area (TPSA) is 105 Å². The Hall–Kier alpha value is -3.31. The fraction of sp³-hybridized carbons (Fsp3) is 0.316. The Kier molecular flexibility index (Phi) is 7.61. The number of nitrogens with zero attached hydrogens (tertiary/aromatic N) is 1. The van der Waals surface area contributed by atoms with E-state index in [1.807, 2.05) is 0 Å². The molecule has 0 atom stereocenters. The summed E-state index contributed by atoms with van der Waals surface area (Å²) in [6.07, 6.45) is 0.227. The van der Waals surface area contributed by atoms with Crippen LogP contribution in [0.1, 0.15) is 20.8 Å². The fourth-order valence-corrected chi connectivity index (χ4v) is 2.63. The molecule has 2 aromatic rings. The molecule has 11 heteroatoms. The number of hydrogen-bond acceptors (Lipinski definition) is 7. The molecule has 0 unspecified atom stereocenters. The molecule has 1 N–H and O–H groups in total. The standard InChI is InChI=1S/C19H20F2N2O7/c1-27-14(28-2)9-23-8-11(16(24)17(29-3)15(23)19(26)30-4)18(25)22-13-6-5-10(20)7-12(13)21/h5-8,14H,9H2,1-4H3,(H,22,25). The van der Waals surface area contributed by atoms with Crippen LogP contribution in [0.4, 0.5) is 14.5 Å². The lowest BCUT2D eigenvalue weighted by molar-refractivity contribution is -0.111. The SMILES string of the molecule is COC(=O)c1c(OC)c(=O)c(C(=O)Nc2ccc(F)cc2F)cn1CC(OC)OC. The second-order valence-electron chi connectivity index (χ2n) is 5.88. The maximum Gasteiger partial charge on any atom is 0.358 e. The van der Waals surface area contributed by atoms with Crippen molar-refractivity contribution in [3.05, 3.63) is 57.5 Å². The summed E-state index contributed by atoms with van der Waals surface area (Å²) in [5.41, 5.74) is -2.00. The molecule has 9 nitrogen and oxygen atoms in total. The van der Waals surface area contributed by atoms with Gasteiger partial charge >= 0.3 is 5.97 Å². The molecule has 1 aromatic carbocycles. The van der Waals surface area contributed by atoms with E-state index in [1.54, 1.807) is 0 Å². The van der Waals surface area contributed by atoms with Crippen molar-refractivity contribution < 1.29 is 37.3 Å². The first-order valence-electron chi connectivity index (χ1n) is 8.49. The third-order valence-electron chi connectivity index (χ3n) is 4.12. The van der Waals surface area contributed by atoms with Crippen molar-refractivity contribution in [2.45, 2.75) is 12.8 Å². The molecule has 0 aliphatic carbocycles. The van der Waals surface area contributed by atoms with Gasteiger partial charge in [-0.05, 0) is 12.1 Å². The number of halogens is 2. The highest BCUT2D eigenvalue weighted by atomic mass is 19.1. The molecule has 1 aromatic heterocycles. The monoisotopic (exact) mass is 426 g/mol. The maximum atomic E-state index is 13.9. The Balaban J connectivity index is 2.59. The summed E-state index contributed by atoms with van der Waals surface area (Å²) in [6, 6.07) is 2.53. The number of pyridine rings is 1. The van der Waals surface area contributed by atoms with E-state index in [2.05, 4.69) is 5.32 Å². The van der Waals surface area contributed by atoms with Crippen LogP contribution >= 0.6 is 0 Å². The minimum atomic E-state index is -1.03. The van der Waals surface area contributed by atoms with Gasteiger partial charge in [0.15, 0.2) is 17.7 Å². The highest BCUT2D eigenvalue weighted by Crippen LogP contribution is 2.20. The van der Waals surface area contributed by atoms with E-state index in [1.165, 1.54) is 18.8 Å². The van der Waals surface area contributed by atoms with E-state index in [0.29, 0.717) is 6.07 Å². The van der Waals surface area contributed by atoms with Crippen LogP contribution in [0.5, 0.6) is 5.75 Å². The van der Waals surface area contributed by atoms with Crippen LogP contribution in [0.15, 0.2) is 29.2 Å². The zero-order valence-corrected chi connectivity index (χ0v) is 16.7. The van der Waals surface area contributed by atoms with Crippen LogP contribution in [0, 0.1) is 11.6 Å². The van der Waals surface area contributed by atoms with Crippen LogP contribution in [-0.2, 0) is 20.8 Å². The Bertz CT molecular complexity index is 1000. The van der Waals surface area contributed by atoms with Crippen molar-refractivity contribution in [2.75, 3.05) is 33.8 Å². The lowest BCUT2D eigenvalue weighted by atomic mass is 10.1. The van der Waals surface area contributed by atoms with Gasteiger partial charge in [-0.2, -0.15) is 0 Å². The molecule has 1 heterocycles. The largest absolute Gasteiger partial charge is 0.491 e. The zero-order chi connectivity index (χ0) is 22.4. The lowest BCUT2D eigenvalue weighted by Gasteiger charge is -2.20. The zero-order valence-electron chi connectivity index (χ0n) is 16.7. The molecule has 1 amide bonds. The number of carbonyl (C=O) groups is 2. The Morgan fingerprint density at radius 3 is 2.33 bits per heavy atom. The number of nitrogens with one attached hydrogen (secondary N) is 1. The summed E-state index contributed by atoms with van der Waals surface area (Å²) < 4.78 is 48.1. The number of anilines is 1. The van der Waals surface area contributed by atoms with E-state index in [9.17, 15) is 23.2 Å². The predicted molar refractivity (Wildman–Crippen MR) is 101 cm³/mol. The average Bonchev–Trinajstić information content (AvgIpc) is 2.73. The number of carbonyl (C=O) groups excluding carboxylic acids is 2. The molecule has 0 aliphatic heterocycles. The number of aromatic nitrogens is 1. The van der Waals surface area contributed by atoms with Gasteiger partial charge in [-0.3, -0.25) is 9.59 Å². The summed E-state index contributed by atoms with van der Waals surface area (Å²) in [6.45, 7) is -0.112. The first-order chi connectivity index (χ1) is 14.3. The number of rotatable bonds is 8. The number of methoxy groups -OCH3 is 4. The van der Waals surface area contributed by atoms with Gasteiger partial charge in [0.05, 0.1) is 26.5 Å². The van der Waals surface area contributed by atoms with Gasteiger partial charge in [0.1, 0.15) is 17.2 Å². The summed E-state index contributed by atoms with van der Waals surface area (Å²) in [7, 11) is 4.96. The molecule has 30 heavy (non-hydrogen) atoms. The number of ether oxygens (including phenoxy) is 4. The molecule has 162 valence electrons. The van der Waals surface area contributed by atoms with Crippen molar-refractivity contribution in [1.29, 1.82) is 0 Å². The van der Waals surface area contributed by atoms with Gasteiger partial charge in [-0.25, -0.2) is 13.6 Å². The third kappa shape index (κ3) is 4.81. The molecule has 0 saturated heterocycles. The summed E-state index contributed by atoms with van der Waals surface area (Å²) in [5, 5.41) is 2.19. The second-order valence-corrected chi connectivity index (χ2v) is 5.88. The van der Waals surface area contributed by atoms with E-state index < -0.39 is 46.5 Å². The first-order valence-corrected chi connectivity index (χ1v) is 8.49. The second kappa shape index (κ2) is 9.94. The molecular weight excluding hydrogens is 406 g/mol. The minimum Gasteiger partial charge on any atom is -0.491 e. The highest BCUT2D eigenvalue weighted by molar-refractivity contribution is 6.05. The normalized spacial score (nSPS) is 10.8. The predicted octanol–water partition coefficient (Wildman–Crippen LogP) is 1.79. The van der Waals surface area contributed by atoms with Gasteiger partial charge in [0, 0.05) is 26.5 Å². The summed E-state index contributed by atoms with van der Waals surface area (Å²) in [5.74, 6) is -4.21. The quantitative estimate of drug-likeness (QED) is 0.507. The minimum absolute atomic E-state index is 0.112. The molecule has 2 rings (SSSR count). The van der Waals surface area contributed by atoms with Gasteiger partial charge in [-0.15, -0.1) is 0 Å². The van der Waals surface area contributed by atoms with Crippen LogP contribution in [0.2, 0.25) is 0 Å². The molecule has 0 bridgehead atoms. The lowest BCUT2D eigenvalue weighted by Crippen LogP contribution is -2.31. The summed E-state index contributed by atoms with van der Waals surface area (Å²) >= 11 is 0. The fourth-order valence-electron chi connectivity index (χ4n) is 2.63. The van der Waals surface area contributed by atoms with Crippen LogP contribution < -0.4 is 15.5 Å². The number of hydrogen-bond donors (Lipinski definition) is 1. The first kappa shape index (κ1) is 23.0. The smallest absolute Gasteiger partial charge is 0.358 e. The molecule has 0 saturated carbocycles. The van der Waals surface area contributed by atoms with Crippen LogP contribution in [-0.4, -0.2) is 51.2 Å². The molecule has 0 fully saturated rings. The van der Waals surface area contributed by atoms with E-state index >= 15 is 0 Å². The Labute approximate surface area is 170 Å². The maximum absolute atomic E-state index is 13.9. The molecule has 0 spiro atoms. The van der Waals surface area contributed by atoms with Gasteiger partial charge < -0.3 is 28.8 Å². The molecular formula is C19H20F2N2O7. The van der Waals surface area contributed by atoms with Crippen molar-refractivity contribution in [3.63, 3.8) is 0 Å². The van der Waals surface area contributed by atoms with E-state index in [-0.39, 0.29) is 17.9 Å². The number of benzene rings is 1. The third-order valence-corrected chi connectivity index (χ3v) is 4.12. The molecule has 0 aliphatic rings. The van der Waals surface area contributed by atoms with Crippen molar-refractivity contribution in [2.24, 2.45) is 0 Å². The van der Waals surface area contributed by atoms with Crippen LogP contribution in [0.3, 0.4) is 0 Å². The van der Waals surface area contributed by atoms with E-state index in [4.69, 9.17) is 18.9 Å². The Morgan fingerprint density at radius 2 is 1.80 bits per heavy atom. The van der Waals surface area contributed by atoms with Gasteiger partial charge in [-0.1, -0.05) is 0 Å². The van der Waals surface area contributed by atoms with Crippen LogP contribution in [0.25, 0.3) is 0 Å². The summed E-state index contributed by atoms with van der Waals surface area (Å²) in [4.78, 5) is 37.7. The number of amides is 1. The van der Waals surface area contributed by atoms with E-state index in [0.717, 1.165) is 32.5 Å². The highest BCUT2D eigenvalue weighted by Gasteiger charge is 2.27.